The molecule has 0 saturated heterocycles. The third kappa shape index (κ3) is 2.20. The Labute approximate surface area is 152 Å². The molecule has 1 aliphatic rings. The highest BCUT2D eigenvalue weighted by atomic mass is 35.5. The highest BCUT2D eigenvalue weighted by Crippen LogP contribution is 2.58. The number of fused-ring (bicyclic) bond motifs is 2. The molecule has 0 fully saturated rings. The number of rotatable bonds is 0. The van der Waals surface area contributed by atoms with Gasteiger partial charge >= 0.3 is 0 Å². The maximum absolute atomic E-state index is 14.1. The first-order valence-electron chi connectivity index (χ1n) is 5.33. The summed E-state index contributed by atoms with van der Waals surface area (Å²) in [5, 5.41) is -2.02. The van der Waals surface area contributed by atoms with Gasteiger partial charge in [0.1, 0.15) is 20.1 Å². The fourth-order valence-electron chi connectivity index (χ4n) is 1.75. The molecule has 0 aromatic heterocycles. The van der Waals surface area contributed by atoms with Crippen LogP contribution in [0.15, 0.2) is 0 Å². The van der Waals surface area contributed by atoms with Crippen LogP contribution in [-0.2, 0) is 0 Å². The minimum Gasteiger partial charge on any atom is -0.446 e. The lowest BCUT2D eigenvalue weighted by atomic mass is 10.2. The van der Waals surface area contributed by atoms with Crippen molar-refractivity contribution < 1.29 is 18.3 Å². The van der Waals surface area contributed by atoms with Crippen molar-refractivity contribution >= 4 is 69.6 Å². The van der Waals surface area contributed by atoms with Crippen molar-refractivity contribution in [2.24, 2.45) is 0 Å². The van der Waals surface area contributed by atoms with Gasteiger partial charge < -0.3 is 9.47 Å². The maximum atomic E-state index is 14.1. The van der Waals surface area contributed by atoms with E-state index in [0.717, 1.165) is 0 Å². The van der Waals surface area contributed by atoms with Crippen molar-refractivity contribution in [1.29, 1.82) is 0 Å². The zero-order valence-corrected chi connectivity index (χ0v) is 14.4. The number of ether oxygens (including phenoxy) is 2. The standard InChI is InChI=1S/C12Cl6F2O2/c13-1-3(15)7(19)11-9(5(1)17)21-10-6(18)2(14)4(16)8(20)12(10)22-11. The second-order valence-corrected chi connectivity index (χ2v) is 6.30. The molecule has 0 radical (unpaired) electrons. The van der Waals surface area contributed by atoms with Gasteiger partial charge in [-0.1, -0.05) is 69.6 Å². The molecule has 0 amide bonds. The summed E-state index contributed by atoms with van der Waals surface area (Å²) in [6.07, 6.45) is 0. The van der Waals surface area contributed by atoms with Crippen LogP contribution in [0, 0.1) is 11.6 Å². The van der Waals surface area contributed by atoms with E-state index in [2.05, 4.69) is 0 Å². The molecular formula is C12Cl6F2O2. The summed E-state index contributed by atoms with van der Waals surface area (Å²) >= 11 is 34.8. The molecule has 2 aromatic rings. The lowest BCUT2D eigenvalue weighted by molar-refractivity contribution is 0.327. The smallest absolute Gasteiger partial charge is 0.209 e. The Morgan fingerprint density at radius 2 is 0.773 bits per heavy atom. The molecule has 2 aromatic carbocycles. The molecule has 1 heterocycles. The maximum Gasteiger partial charge on any atom is 0.209 e. The van der Waals surface area contributed by atoms with E-state index in [1.165, 1.54) is 0 Å². The minimum atomic E-state index is -1.07. The molecular weight excluding hydrogens is 427 g/mol. The van der Waals surface area contributed by atoms with E-state index >= 15 is 0 Å². The molecule has 0 unspecified atom stereocenters. The Balaban J connectivity index is 2.32. The third-order valence-corrected chi connectivity index (χ3v) is 5.35. The van der Waals surface area contributed by atoms with Gasteiger partial charge in [-0.05, 0) is 0 Å². The Morgan fingerprint density at radius 3 is 1.14 bits per heavy atom. The van der Waals surface area contributed by atoms with Crippen LogP contribution in [0.25, 0.3) is 0 Å². The molecule has 0 saturated carbocycles. The Kier molecular flexibility index (Phi) is 4.21. The van der Waals surface area contributed by atoms with E-state index in [1.807, 2.05) is 0 Å². The Hall–Kier alpha value is -0.360. The van der Waals surface area contributed by atoms with Gasteiger partial charge in [0.2, 0.25) is 11.5 Å². The molecule has 0 N–H and O–H groups in total. The summed E-state index contributed by atoms with van der Waals surface area (Å²) in [7, 11) is 0. The van der Waals surface area contributed by atoms with Crippen molar-refractivity contribution in [3.8, 4) is 23.0 Å². The zero-order valence-electron chi connectivity index (χ0n) is 9.84. The Morgan fingerprint density at radius 1 is 0.455 bits per heavy atom. The summed E-state index contributed by atoms with van der Waals surface area (Å²) in [4.78, 5) is 0. The molecule has 116 valence electrons. The average molecular weight is 427 g/mol. The summed E-state index contributed by atoms with van der Waals surface area (Å²) in [5.41, 5.74) is 0. The van der Waals surface area contributed by atoms with Crippen molar-refractivity contribution in [2.75, 3.05) is 0 Å². The van der Waals surface area contributed by atoms with Gasteiger partial charge in [0.05, 0.1) is 10.0 Å². The van der Waals surface area contributed by atoms with Gasteiger partial charge in [-0.25, -0.2) is 8.78 Å². The zero-order chi connectivity index (χ0) is 16.3. The molecule has 10 heteroatoms. The van der Waals surface area contributed by atoms with Crippen LogP contribution in [-0.4, -0.2) is 0 Å². The Bertz CT molecular complexity index is 704. The number of halogens is 8. The fourth-order valence-corrected chi connectivity index (χ4v) is 2.98. The first kappa shape index (κ1) is 16.5. The molecule has 2 nitrogen and oxygen atoms in total. The van der Waals surface area contributed by atoms with Crippen molar-refractivity contribution in [1.82, 2.24) is 0 Å². The minimum absolute atomic E-state index is 0.226. The lowest BCUT2D eigenvalue weighted by Gasteiger charge is -2.24. The molecule has 3 rings (SSSR count). The van der Waals surface area contributed by atoms with Gasteiger partial charge in [0.15, 0.2) is 23.1 Å². The van der Waals surface area contributed by atoms with E-state index in [-0.39, 0.29) is 31.6 Å². The highest BCUT2D eigenvalue weighted by molar-refractivity contribution is 6.50. The van der Waals surface area contributed by atoms with Crippen LogP contribution in [0.1, 0.15) is 0 Å². The summed E-state index contributed by atoms with van der Waals surface area (Å²) in [6, 6.07) is 0. The normalized spacial score (nSPS) is 12.4. The van der Waals surface area contributed by atoms with Gasteiger partial charge in [-0.15, -0.1) is 0 Å². The second-order valence-electron chi connectivity index (χ2n) is 4.03. The van der Waals surface area contributed by atoms with E-state index in [9.17, 15) is 8.78 Å². The van der Waals surface area contributed by atoms with Crippen molar-refractivity contribution in [2.45, 2.75) is 0 Å². The summed E-state index contributed by atoms with van der Waals surface area (Å²) in [6.45, 7) is 0. The van der Waals surface area contributed by atoms with Crippen molar-refractivity contribution in [3.63, 3.8) is 0 Å². The van der Waals surface area contributed by atoms with E-state index in [0.29, 0.717) is 0 Å². The van der Waals surface area contributed by atoms with Gasteiger partial charge in [-0.2, -0.15) is 0 Å². The molecule has 1 aliphatic heterocycles. The van der Waals surface area contributed by atoms with Crippen LogP contribution < -0.4 is 9.47 Å². The van der Waals surface area contributed by atoms with Crippen LogP contribution in [0.5, 0.6) is 23.0 Å². The molecule has 0 bridgehead atoms. The largest absolute Gasteiger partial charge is 0.446 e. The number of hydrogen-bond acceptors (Lipinski definition) is 2. The van der Waals surface area contributed by atoms with Crippen LogP contribution >= 0.6 is 69.6 Å². The first-order chi connectivity index (χ1) is 10.3. The fraction of sp³-hybridized carbons (Fsp3) is 0. The summed E-state index contributed by atoms with van der Waals surface area (Å²) in [5.74, 6) is -3.83. The third-order valence-electron chi connectivity index (χ3n) is 2.77. The first-order valence-corrected chi connectivity index (χ1v) is 7.60. The van der Waals surface area contributed by atoms with Crippen LogP contribution in [0.3, 0.4) is 0 Å². The van der Waals surface area contributed by atoms with Crippen LogP contribution in [0.2, 0.25) is 30.1 Å². The van der Waals surface area contributed by atoms with Gasteiger partial charge in [0.25, 0.3) is 0 Å². The average Bonchev–Trinajstić information content (AvgIpc) is 2.52. The van der Waals surface area contributed by atoms with Crippen molar-refractivity contribution in [3.05, 3.63) is 41.8 Å². The number of hydrogen-bond donors (Lipinski definition) is 0. The molecule has 22 heavy (non-hydrogen) atoms. The highest BCUT2D eigenvalue weighted by Gasteiger charge is 2.35. The SMILES string of the molecule is Fc1c(Cl)c(Cl)c(Cl)c2c1Oc1c(F)c(Cl)c(Cl)c(Cl)c1O2. The monoisotopic (exact) mass is 424 g/mol. The predicted octanol–water partition coefficient (Wildman–Crippen LogP) is 7.78. The molecule has 0 aliphatic carbocycles. The van der Waals surface area contributed by atoms with Crippen LogP contribution in [0.4, 0.5) is 8.78 Å². The summed E-state index contributed by atoms with van der Waals surface area (Å²) < 4.78 is 38.7. The van der Waals surface area contributed by atoms with E-state index < -0.39 is 33.2 Å². The van der Waals surface area contributed by atoms with Gasteiger partial charge in [0, 0.05) is 0 Å². The molecule has 0 spiro atoms. The van der Waals surface area contributed by atoms with Gasteiger partial charge in [-0.3, -0.25) is 0 Å². The molecule has 0 atom stereocenters. The van der Waals surface area contributed by atoms with E-state index in [1.54, 1.807) is 0 Å². The predicted molar refractivity (Wildman–Crippen MR) is 83.0 cm³/mol. The topological polar surface area (TPSA) is 18.5 Å². The second kappa shape index (κ2) is 5.62. The lowest BCUT2D eigenvalue weighted by Crippen LogP contribution is -2.06. The number of benzene rings is 2. The quantitative estimate of drug-likeness (QED) is 0.270. The van der Waals surface area contributed by atoms with E-state index in [4.69, 9.17) is 79.1 Å².